The number of hydrogen-bond donors (Lipinski definition) is 0. The van der Waals surface area contributed by atoms with Crippen LogP contribution >= 0.6 is 11.8 Å². The second kappa shape index (κ2) is 7.83. The Bertz CT molecular complexity index is 484. The quantitative estimate of drug-likeness (QED) is 0.735. The number of hydrogen-bond acceptors (Lipinski definition) is 4. The van der Waals surface area contributed by atoms with Gasteiger partial charge in [0.1, 0.15) is 0 Å². The van der Waals surface area contributed by atoms with Gasteiger partial charge in [-0.2, -0.15) is 11.8 Å². The molecule has 5 nitrogen and oxygen atoms in total. The lowest BCUT2D eigenvalue weighted by Gasteiger charge is -2.32. The number of nitrogens with zero attached hydrogens (tertiary/aromatic N) is 2. The fourth-order valence-corrected chi connectivity index (χ4v) is 3.50. The van der Waals surface area contributed by atoms with Crippen LogP contribution in [0.3, 0.4) is 0 Å². The minimum atomic E-state index is -0.222. The number of ether oxygens (including phenoxy) is 1. The van der Waals surface area contributed by atoms with Crippen LogP contribution in [0.4, 0.5) is 0 Å². The summed E-state index contributed by atoms with van der Waals surface area (Å²) in [7, 11) is 0. The van der Waals surface area contributed by atoms with Crippen molar-refractivity contribution in [1.82, 2.24) is 9.80 Å². The molecule has 1 unspecified atom stereocenters. The van der Waals surface area contributed by atoms with E-state index in [1.807, 2.05) is 29.7 Å². The van der Waals surface area contributed by atoms with E-state index in [4.69, 9.17) is 4.74 Å². The molecule has 2 amide bonds. The monoisotopic (exact) mass is 324 g/mol. The minimum Gasteiger partial charge on any atom is -0.370 e. The van der Waals surface area contributed by atoms with Gasteiger partial charge in [-0.15, -0.1) is 0 Å². The molecule has 22 heavy (non-hydrogen) atoms. The molecule has 122 valence electrons. The molecule has 2 aliphatic rings. The van der Waals surface area contributed by atoms with Crippen molar-refractivity contribution in [3.8, 4) is 0 Å². The van der Waals surface area contributed by atoms with Crippen LogP contribution in [-0.2, 0) is 14.3 Å². The van der Waals surface area contributed by atoms with Crippen molar-refractivity contribution >= 4 is 23.6 Å². The fourth-order valence-electron chi connectivity index (χ4n) is 2.60. The minimum absolute atomic E-state index is 0.0428. The van der Waals surface area contributed by atoms with Crippen LogP contribution in [0.1, 0.15) is 13.8 Å². The maximum atomic E-state index is 12.4. The Kier molecular flexibility index (Phi) is 6.08. The molecule has 2 heterocycles. The van der Waals surface area contributed by atoms with Gasteiger partial charge in [0.15, 0.2) is 0 Å². The normalized spacial score (nSPS) is 23.4. The molecule has 2 fully saturated rings. The maximum Gasteiger partial charge on any atom is 0.249 e. The summed E-state index contributed by atoms with van der Waals surface area (Å²) < 4.78 is 5.67. The van der Waals surface area contributed by atoms with Crippen molar-refractivity contribution < 1.29 is 14.3 Å². The van der Waals surface area contributed by atoms with E-state index in [-0.39, 0.29) is 17.9 Å². The average molecular weight is 324 g/mol. The van der Waals surface area contributed by atoms with Crippen LogP contribution in [-0.4, -0.2) is 72.0 Å². The third-order valence-electron chi connectivity index (χ3n) is 3.82. The third kappa shape index (κ3) is 4.36. The van der Waals surface area contributed by atoms with E-state index in [1.165, 1.54) is 0 Å². The first-order chi connectivity index (χ1) is 10.5. The molecule has 0 aromatic carbocycles. The van der Waals surface area contributed by atoms with Crippen LogP contribution in [0, 0.1) is 0 Å². The first-order valence-corrected chi connectivity index (χ1v) is 8.76. The summed E-state index contributed by atoms with van der Waals surface area (Å²) in [6.45, 7) is 10.4. The van der Waals surface area contributed by atoms with E-state index < -0.39 is 0 Å². The van der Waals surface area contributed by atoms with Gasteiger partial charge >= 0.3 is 0 Å². The van der Waals surface area contributed by atoms with Gasteiger partial charge in [0.2, 0.25) is 11.8 Å². The van der Waals surface area contributed by atoms with Crippen molar-refractivity contribution in [2.24, 2.45) is 0 Å². The molecular formula is C16H24N2O3S. The van der Waals surface area contributed by atoms with Gasteiger partial charge in [-0.1, -0.05) is 6.58 Å². The largest absolute Gasteiger partial charge is 0.370 e. The molecule has 0 aromatic rings. The van der Waals surface area contributed by atoms with Crippen molar-refractivity contribution in [1.29, 1.82) is 0 Å². The van der Waals surface area contributed by atoms with Crippen LogP contribution in [0.25, 0.3) is 0 Å². The average Bonchev–Trinajstić information content (AvgIpc) is 2.54. The van der Waals surface area contributed by atoms with Gasteiger partial charge in [-0.25, -0.2) is 0 Å². The SMILES string of the molecule is C=C(C)C(=O)N1CCOC(/C=C(\C)C(=O)N2CCSCC2)C1. The number of thioether (sulfide) groups is 1. The molecule has 0 bridgehead atoms. The first-order valence-electron chi connectivity index (χ1n) is 7.61. The predicted octanol–water partition coefficient (Wildman–Crippen LogP) is 1.31. The lowest BCUT2D eigenvalue weighted by atomic mass is 10.1. The van der Waals surface area contributed by atoms with Gasteiger partial charge in [-0.05, 0) is 19.9 Å². The van der Waals surface area contributed by atoms with E-state index in [1.54, 1.807) is 11.8 Å². The van der Waals surface area contributed by atoms with Crippen molar-refractivity contribution in [3.63, 3.8) is 0 Å². The summed E-state index contributed by atoms with van der Waals surface area (Å²) in [4.78, 5) is 28.0. The molecule has 0 spiro atoms. The number of morpholine rings is 1. The molecule has 2 rings (SSSR count). The highest BCUT2D eigenvalue weighted by Gasteiger charge is 2.25. The summed E-state index contributed by atoms with van der Waals surface area (Å²) in [5, 5.41) is 0. The van der Waals surface area contributed by atoms with Crippen LogP contribution < -0.4 is 0 Å². The lowest BCUT2D eigenvalue weighted by molar-refractivity contribution is -0.133. The Morgan fingerprint density at radius 1 is 1.14 bits per heavy atom. The van der Waals surface area contributed by atoms with Crippen molar-refractivity contribution in [2.45, 2.75) is 20.0 Å². The second-order valence-corrected chi connectivity index (χ2v) is 6.92. The highest BCUT2D eigenvalue weighted by molar-refractivity contribution is 7.99. The van der Waals surface area contributed by atoms with Crippen molar-refractivity contribution in [3.05, 3.63) is 23.8 Å². The zero-order valence-corrected chi connectivity index (χ0v) is 14.2. The van der Waals surface area contributed by atoms with Crippen LogP contribution in [0.5, 0.6) is 0 Å². The van der Waals surface area contributed by atoms with Gasteiger partial charge in [0, 0.05) is 42.3 Å². The van der Waals surface area contributed by atoms with E-state index in [0.29, 0.717) is 30.8 Å². The fraction of sp³-hybridized carbons (Fsp3) is 0.625. The Labute approximate surface area is 136 Å². The van der Waals surface area contributed by atoms with Crippen molar-refractivity contribution in [2.75, 3.05) is 44.3 Å². The number of carbonyl (C=O) groups is 2. The van der Waals surface area contributed by atoms with E-state index in [2.05, 4.69) is 6.58 Å². The Balaban J connectivity index is 1.96. The third-order valence-corrected chi connectivity index (χ3v) is 4.76. The molecule has 0 N–H and O–H groups in total. The van der Waals surface area contributed by atoms with Gasteiger partial charge in [0.25, 0.3) is 0 Å². The van der Waals surface area contributed by atoms with Gasteiger partial charge < -0.3 is 14.5 Å². The number of rotatable bonds is 3. The van der Waals surface area contributed by atoms with Gasteiger partial charge in [0.05, 0.1) is 19.3 Å². The lowest BCUT2D eigenvalue weighted by Crippen LogP contribution is -2.45. The molecule has 0 radical (unpaired) electrons. The Hall–Kier alpha value is -1.27. The molecule has 0 aliphatic carbocycles. The second-order valence-electron chi connectivity index (χ2n) is 5.69. The molecule has 6 heteroatoms. The van der Waals surface area contributed by atoms with E-state index >= 15 is 0 Å². The summed E-state index contributed by atoms with van der Waals surface area (Å²) >= 11 is 1.88. The summed E-state index contributed by atoms with van der Waals surface area (Å²) in [6.07, 6.45) is 1.63. The number of amides is 2. The van der Waals surface area contributed by atoms with Crippen LogP contribution in [0.2, 0.25) is 0 Å². The predicted molar refractivity (Wildman–Crippen MR) is 88.8 cm³/mol. The Morgan fingerprint density at radius 2 is 1.82 bits per heavy atom. The molecule has 1 atom stereocenters. The summed E-state index contributed by atoms with van der Waals surface area (Å²) in [6, 6.07) is 0. The maximum absolute atomic E-state index is 12.4. The van der Waals surface area contributed by atoms with E-state index in [0.717, 1.165) is 24.6 Å². The highest BCUT2D eigenvalue weighted by Crippen LogP contribution is 2.15. The molecule has 2 aliphatic heterocycles. The molecule has 2 saturated heterocycles. The smallest absolute Gasteiger partial charge is 0.249 e. The topological polar surface area (TPSA) is 49.9 Å². The first kappa shape index (κ1) is 17.1. The van der Waals surface area contributed by atoms with Crippen LogP contribution in [0.15, 0.2) is 23.8 Å². The van der Waals surface area contributed by atoms with Gasteiger partial charge in [-0.3, -0.25) is 9.59 Å². The molecule has 0 aromatic heterocycles. The number of carbonyl (C=O) groups excluding carboxylic acids is 2. The standard InChI is InChI=1S/C16H24N2O3S/c1-12(2)15(19)18-4-7-21-14(11-18)10-13(3)16(20)17-5-8-22-9-6-17/h10,14H,1,4-9,11H2,2-3H3/b13-10+. The Morgan fingerprint density at radius 3 is 2.45 bits per heavy atom. The zero-order valence-electron chi connectivity index (χ0n) is 13.3. The summed E-state index contributed by atoms with van der Waals surface area (Å²) in [5.74, 6) is 2.03. The zero-order chi connectivity index (χ0) is 16.1. The van der Waals surface area contributed by atoms with E-state index in [9.17, 15) is 9.59 Å². The highest BCUT2D eigenvalue weighted by atomic mass is 32.2. The molecule has 0 saturated carbocycles. The summed E-state index contributed by atoms with van der Waals surface area (Å²) in [5.41, 5.74) is 1.23. The molecular weight excluding hydrogens is 300 g/mol.